The van der Waals surface area contributed by atoms with Crippen LogP contribution in [0.3, 0.4) is 0 Å². The van der Waals surface area contributed by atoms with Gasteiger partial charge in [-0.25, -0.2) is 0 Å². The average molecular weight is 333 g/mol. The summed E-state index contributed by atoms with van der Waals surface area (Å²) in [4.78, 5) is 2.18. The Hall–Kier alpha value is -0.510. The highest BCUT2D eigenvalue weighted by molar-refractivity contribution is 7.80. The van der Waals surface area contributed by atoms with Crippen molar-refractivity contribution in [2.75, 3.05) is 18.4 Å². The van der Waals surface area contributed by atoms with Crippen molar-refractivity contribution in [3.63, 3.8) is 0 Å². The van der Waals surface area contributed by atoms with Crippen LogP contribution in [0.5, 0.6) is 0 Å². The molecule has 0 amide bonds. The normalized spacial score (nSPS) is 11.0. The van der Waals surface area contributed by atoms with Crippen LogP contribution >= 0.6 is 35.4 Å². The van der Waals surface area contributed by atoms with Crippen molar-refractivity contribution in [3.05, 3.63) is 28.2 Å². The van der Waals surface area contributed by atoms with Gasteiger partial charge in [0.25, 0.3) is 0 Å². The predicted molar refractivity (Wildman–Crippen MR) is 93.9 cm³/mol. The third-order valence-electron chi connectivity index (χ3n) is 2.63. The quantitative estimate of drug-likeness (QED) is 0.736. The lowest BCUT2D eigenvalue weighted by atomic mass is 10.1. The summed E-state index contributed by atoms with van der Waals surface area (Å²) in [6.45, 7) is 10.6. The molecule has 0 fully saturated rings. The predicted octanol–water partition coefficient (Wildman–Crippen LogP) is 5.30. The van der Waals surface area contributed by atoms with Crippen LogP contribution in [-0.2, 0) is 0 Å². The molecule has 0 aromatic heterocycles. The Balaban J connectivity index is 2.81. The fourth-order valence-corrected chi connectivity index (χ4v) is 2.51. The van der Waals surface area contributed by atoms with Crippen LogP contribution in [0.1, 0.15) is 27.7 Å². The van der Waals surface area contributed by atoms with Crippen LogP contribution in [0, 0.1) is 11.8 Å². The van der Waals surface area contributed by atoms with E-state index in [1.165, 1.54) is 0 Å². The van der Waals surface area contributed by atoms with E-state index in [2.05, 4.69) is 37.9 Å². The average Bonchev–Trinajstić information content (AvgIpc) is 2.31. The molecule has 5 heteroatoms. The SMILES string of the molecule is CC(C)CN(CC(C)C)C(=S)Nc1cc(Cl)ccc1Cl. The summed E-state index contributed by atoms with van der Waals surface area (Å²) in [5.41, 5.74) is 0.752. The molecule has 0 spiro atoms. The van der Waals surface area contributed by atoms with Gasteiger partial charge in [0.15, 0.2) is 5.11 Å². The lowest BCUT2D eigenvalue weighted by Gasteiger charge is -2.29. The van der Waals surface area contributed by atoms with Crippen LogP contribution in [0.15, 0.2) is 18.2 Å². The summed E-state index contributed by atoms with van der Waals surface area (Å²) < 4.78 is 0. The minimum absolute atomic E-state index is 0.545. The fraction of sp³-hybridized carbons (Fsp3) is 0.533. The highest BCUT2D eigenvalue weighted by Gasteiger charge is 2.14. The van der Waals surface area contributed by atoms with E-state index in [1.54, 1.807) is 18.2 Å². The third kappa shape index (κ3) is 5.86. The Morgan fingerprint density at radius 2 is 1.70 bits per heavy atom. The molecule has 0 aliphatic rings. The zero-order valence-corrected chi connectivity index (χ0v) is 14.7. The summed E-state index contributed by atoms with van der Waals surface area (Å²) in [6, 6.07) is 5.32. The van der Waals surface area contributed by atoms with Gasteiger partial charge in [-0.2, -0.15) is 0 Å². The first-order valence-corrected chi connectivity index (χ1v) is 7.97. The van der Waals surface area contributed by atoms with E-state index >= 15 is 0 Å². The molecule has 0 bridgehead atoms. The number of hydrogen-bond acceptors (Lipinski definition) is 1. The Morgan fingerprint density at radius 1 is 1.15 bits per heavy atom. The van der Waals surface area contributed by atoms with Gasteiger partial charge in [0.2, 0.25) is 0 Å². The van der Waals surface area contributed by atoms with E-state index in [1.807, 2.05) is 0 Å². The number of nitrogens with zero attached hydrogens (tertiary/aromatic N) is 1. The minimum Gasteiger partial charge on any atom is -0.349 e. The lowest BCUT2D eigenvalue weighted by molar-refractivity contribution is 0.332. The molecule has 1 aromatic carbocycles. The molecule has 2 nitrogen and oxygen atoms in total. The molecule has 112 valence electrons. The zero-order valence-electron chi connectivity index (χ0n) is 12.4. The molecule has 1 rings (SSSR count). The maximum Gasteiger partial charge on any atom is 0.173 e. The molecule has 0 aliphatic carbocycles. The molecule has 0 radical (unpaired) electrons. The van der Waals surface area contributed by atoms with Crippen molar-refractivity contribution in [2.45, 2.75) is 27.7 Å². The molecule has 0 saturated heterocycles. The summed E-state index contributed by atoms with van der Waals surface area (Å²) in [5, 5.41) is 5.15. The first kappa shape index (κ1) is 17.5. The Labute approximate surface area is 137 Å². The van der Waals surface area contributed by atoms with Gasteiger partial charge in [-0.3, -0.25) is 0 Å². The highest BCUT2D eigenvalue weighted by Crippen LogP contribution is 2.25. The number of thiocarbonyl (C=S) groups is 1. The van der Waals surface area contributed by atoms with Gasteiger partial charge in [0, 0.05) is 18.1 Å². The Morgan fingerprint density at radius 3 is 2.20 bits per heavy atom. The van der Waals surface area contributed by atoms with Crippen LogP contribution in [0.25, 0.3) is 0 Å². The minimum atomic E-state index is 0.545. The lowest BCUT2D eigenvalue weighted by Crippen LogP contribution is -2.39. The highest BCUT2D eigenvalue weighted by atomic mass is 35.5. The van der Waals surface area contributed by atoms with Gasteiger partial charge in [-0.15, -0.1) is 0 Å². The second kappa shape index (κ2) is 8.06. The van der Waals surface area contributed by atoms with Crippen LogP contribution in [0.2, 0.25) is 10.0 Å². The second-order valence-corrected chi connectivity index (χ2v) is 6.98. The van der Waals surface area contributed by atoms with Crippen molar-refractivity contribution >= 4 is 46.2 Å². The molecule has 1 N–H and O–H groups in total. The van der Waals surface area contributed by atoms with Gasteiger partial charge in [0.05, 0.1) is 10.7 Å². The van der Waals surface area contributed by atoms with Gasteiger partial charge < -0.3 is 10.2 Å². The number of halogens is 2. The number of anilines is 1. The molecule has 0 unspecified atom stereocenters. The van der Waals surface area contributed by atoms with Gasteiger partial charge in [0.1, 0.15) is 0 Å². The molecule has 0 saturated carbocycles. The maximum atomic E-state index is 6.16. The molecule has 0 heterocycles. The summed E-state index contributed by atoms with van der Waals surface area (Å²) in [5.74, 6) is 1.09. The second-order valence-electron chi connectivity index (χ2n) is 5.75. The maximum absolute atomic E-state index is 6.16. The summed E-state index contributed by atoms with van der Waals surface area (Å²) >= 11 is 17.7. The van der Waals surface area contributed by atoms with E-state index in [4.69, 9.17) is 35.4 Å². The standard InChI is InChI=1S/C15H22Cl2N2S/c1-10(2)8-19(9-11(3)4)15(20)18-14-7-12(16)5-6-13(14)17/h5-7,10-11H,8-9H2,1-4H3,(H,18,20). The van der Waals surface area contributed by atoms with E-state index in [0.717, 1.165) is 18.8 Å². The van der Waals surface area contributed by atoms with Gasteiger partial charge in [-0.1, -0.05) is 50.9 Å². The number of rotatable bonds is 5. The molecule has 1 aromatic rings. The van der Waals surface area contributed by atoms with E-state index in [9.17, 15) is 0 Å². The first-order valence-electron chi connectivity index (χ1n) is 6.80. The topological polar surface area (TPSA) is 15.3 Å². The number of nitrogens with one attached hydrogen (secondary N) is 1. The van der Waals surface area contributed by atoms with Gasteiger partial charge in [-0.05, 0) is 42.3 Å². The number of hydrogen-bond donors (Lipinski definition) is 1. The van der Waals surface area contributed by atoms with Crippen molar-refractivity contribution in [1.29, 1.82) is 0 Å². The molecule has 0 atom stereocenters. The monoisotopic (exact) mass is 332 g/mol. The third-order valence-corrected chi connectivity index (χ3v) is 3.55. The number of benzene rings is 1. The summed E-state index contributed by atoms with van der Waals surface area (Å²) in [6.07, 6.45) is 0. The van der Waals surface area contributed by atoms with E-state index in [0.29, 0.717) is 27.0 Å². The Kier molecular flexibility index (Phi) is 7.07. The van der Waals surface area contributed by atoms with E-state index < -0.39 is 0 Å². The zero-order chi connectivity index (χ0) is 15.3. The van der Waals surface area contributed by atoms with E-state index in [-0.39, 0.29) is 0 Å². The van der Waals surface area contributed by atoms with Crippen molar-refractivity contribution in [2.24, 2.45) is 11.8 Å². The van der Waals surface area contributed by atoms with Crippen LogP contribution in [0.4, 0.5) is 5.69 Å². The molecular formula is C15H22Cl2N2S. The van der Waals surface area contributed by atoms with Gasteiger partial charge >= 0.3 is 0 Å². The first-order chi connectivity index (χ1) is 9.29. The smallest absolute Gasteiger partial charge is 0.173 e. The van der Waals surface area contributed by atoms with Crippen LogP contribution in [-0.4, -0.2) is 23.1 Å². The van der Waals surface area contributed by atoms with Crippen molar-refractivity contribution in [3.8, 4) is 0 Å². The van der Waals surface area contributed by atoms with Crippen molar-refractivity contribution < 1.29 is 0 Å². The molecular weight excluding hydrogens is 311 g/mol. The van der Waals surface area contributed by atoms with Crippen LogP contribution < -0.4 is 5.32 Å². The Bertz CT molecular complexity index is 451. The summed E-state index contributed by atoms with van der Waals surface area (Å²) in [7, 11) is 0. The molecule has 0 aliphatic heterocycles. The van der Waals surface area contributed by atoms with Crippen molar-refractivity contribution in [1.82, 2.24) is 4.90 Å². The fourth-order valence-electron chi connectivity index (χ4n) is 1.91. The largest absolute Gasteiger partial charge is 0.349 e. The molecule has 20 heavy (non-hydrogen) atoms.